The minimum Gasteiger partial charge on any atom is -0.489 e. The number of rotatable bonds is 6. The quantitative estimate of drug-likeness (QED) is 0.647. The van der Waals surface area contributed by atoms with Gasteiger partial charge in [-0.2, -0.15) is 0 Å². The molecule has 144 valence electrons. The van der Waals surface area contributed by atoms with Crippen molar-refractivity contribution in [3.05, 3.63) is 23.8 Å². The molecule has 1 aromatic rings. The Morgan fingerprint density at radius 1 is 1.35 bits per heavy atom. The zero-order valence-electron chi connectivity index (χ0n) is 15.7. The van der Waals surface area contributed by atoms with E-state index in [0.29, 0.717) is 17.9 Å². The van der Waals surface area contributed by atoms with E-state index in [1.165, 1.54) is 4.90 Å². The van der Waals surface area contributed by atoms with Gasteiger partial charge < -0.3 is 30.1 Å². The minimum absolute atomic E-state index is 0.109. The normalized spacial score (nSPS) is 16.5. The fourth-order valence-electron chi connectivity index (χ4n) is 2.73. The molecule has 1 heterocycles. The second-order valence-corrected chi connectivity index (χ2v) is 7.09. The second-order valence-electron chi connectivity index (χ2n) is 7.09. The standard InChI is InChI=1S/C18H27N3O5/c1-18(10-22,11-23)19-16(24)8-13-9-26-15-6-5-12(17(25)20(2)3)7-14(15)21(13)4/h5-7,13,22-23H,8-11H2,1-4H3,(H,19,24)/t13-/m1/s1. The van der Waals surface area contributed by atoms with Gasteiger partial charge >= 0.3 is 0 Å². The lowest BCUT2D eigenvalue weighted by molar-refractivity contribution is -0.124. The Kier molecular flexibility index (Phi) is 6.09. The number of fused-ring (bicyclic) bond motifs is 1. The van der Waals surface area contributed by atoms with Crippen LogP contribution in [0.2, 0.25) is 0 Å². The van der Waals surface area contributed by atoms with Crippen molar-refractivity contribution in [2.45, 2.75) is 24.9 Å². The first kappa shape index (κ1) is 20.0. The Labute approximate surface area is 153 Å². The number of nitrogens with zero attached hydrogens (tertiary/aromatic N) is 2. The molecule has 1 atom stereocenters. The molecule has 0 saturated carbocycles. The smallest absolute Gasteiger partial charge is 0.253 e. The molecule has 0 saturated heterocycles. The van der Waals surface area contributed by atoms with Crippen LogP contribution in [0.3, 0.4) is 0 Å². The number of hydrogen-bond acceptors (Lipinski definition) is 6. The van der Waals surface area contributed by atoms with Crippen molar-refractivity contribution in [1.29, 1.82) is 0 Å². The van der Waals surface area contributed by atoms with Crippen molar-refractivity contribution < 1.29 is 24.5 Å². The summed E-state index contributed by atoms with van der Waals surface area (Å²) < 4.78 is 5.74. The fourth-order valence-corrected chi connectivity index (χ4v) is 2.73. The van der Waals surface area contributed by atoms with E-state index >= 15 is 0 Å². The Morgan fingerprint density at radius 2 is 2.00 bits per heavy atom. The number of nitrogens with one attached hydrogen (secondary N) is 1. The van der Waals surface area contributed by atoms with Crippen LogP contribution in [-0.4, -0.2) is 79.5 Å². The van der Waals surface area contributed by atoms with Gasteiger partial charge in [0.05, 0.1) is 36.9 Å². The monoisotopic (exact) mass is 365 g/mol. The molecule has 0 aliphatic carbocycles. The Bertz CT molecular complexity index is 673. The number of carbonyl (C=O) groups excluding carboxylic acids is 2. The van der Waals surface area contributed by atoms with Crippen molar-refractivity contribution in [2.24, 2.45) is 0 Å². The molecule has 8 nitrogen and oxygen atoms in total. The van der Waals surface area contributed by atoms with Gasteiger partial charge in [-0.3, -0.25) is 9.59 Å². The largest absolute Gasteiger partial charge is 0.489 e. The lowest BCUT2D eigenvalue weighted by atomic mass is 10.0. The van der Waals surface area contributed by atoms with Crippen LogP contribution >= 0.6 is 0 Å². The molecule has 1 aliphatic heterocycles. The summed E-state index contributed by atoms with van der Waals surface area (Å²) in [6.45, 7) is 1.18. The fraction of sp³-hybridized carbons (Fsp3) is 0.556. The molecule has 0 bridgehead atoms. The highest BCUT2D eigenvalue weighted by molar-refractivity contribution is 5.95. The van der Waals surface area contributed by atoms with Crippen LogP contribution in [0.5, 0.6) is 5.75 Å². The summed E-state index contributed by atoms with van der Waals surface area (Å²) in [6, 6.07) is 5.00. The van der Waals surface area contributed by atoms with Crippen molar-refractivity contribution in [3.8, 4) is 5.75 Å². The van der Waals surface area contributed by atoms with E-state index in [1.807, 2.05) is 11.9 Å². The van der Waals surface area contributed by atoms with E-state index in [9.17, 15) is 19.8 Å². The molecule has 3 N–H and O–H groups in total. The van der Waals surface area contributed by atoms with Gasteiger partial charge in [-0.15, -0.1) is 0 Å². The average molecular weight is 365 g/mol. The number of hydrogen-bond donors (Lipinski definition) is 3. The van der Waals surface area contributed by atoms with Crippen molar-refractivity contribution in [3.63, 3.8) is 0 Å². The summed E-state index contributed by atoms with van der Waals surface area (Å²) in [5.41, 5.74) is 0.227. The first-order chi connectivity index (χ1) is 12.2. The average Bonchev–Trinajstić information content (AvgIpc) is 2.63. The van der Waals surface area contributed by atoms with Crippen LogP contribution in [-0.2, 0) is 4.79 Å². The molecular weight excluding hydrogens is 338 g/mol. The van der Waals surface area contributed by atoms with Gasteiger partial charge in [-0.1, -0.05) is 0 Å². The summed E-state index contributed by atoms with van der Waals surface area (Å²) in [4.78, 5) is 27.9. The zero-order chi connectivity index (χ0) is 19.5. The van der Waals surface area contributed by atoms with Gasteiger partial charge in [0, 0.05) is 26.7 Å². The third-order valence-corrected chi connectivity index (χ3v) is 4.53. The summed E-state index contributed by atoms with van der Waals surface area (Å²) in [7, 11) is 5.23. The molecular formula is C18H27N3O5. The minimum atomic E-state index is -1.06. The second kappa shape index (κ2) is 7.92. The number of aliphatic hydroxyl groups excluding tert-OH is 2. The summed E-state index contributed by atoms with van der Waals surface area (Å²) in [6.07, 6.45) is 0.136. The first-order valence-electron chi connectivity index (χ1n) is 8.45. The number of carbonyl (C=O) groups is 2. The van der Waals surface area contributed by atoms with Gasteiger partial charge in [-0.05, 0) is 25.1 Å². The Balaban J connectivity index is 2.13. The van der Waals surface area contributed by atoms with E-state index in [2.05, 4.69) is 5.32 Å². The predicted octanol–water partition coefficient (Wildman–Crippen LogP) is -0.165. The number of aliphatic hydroxyl groups is 2. The predicted molar refractivity (Wildman–Crippen MR) is 97.5 cm³/mol. The molecule has 2 amide bonds. The molecule has 1 aliphatic rings. The number of ether oxygens (including phenoxy) is 1. The molecule has 8 heteroatoms. The van der Waals surface area contributed by atoms with Gasteiger partial charge in [0.15, 0.2) is 0 Å². The maximum absolute atomic E-state index is 12.3. The van der Waals surface area contributed by atoms with Crippen LogP contribution in [0.15, 0.2) is 18.2 Å². The molecule has 0 radical (unpaired) electrons. The highest BCUT2D eigenvalue weighted by atomic mass is 16.5. The SMILES string of the molecule is CN(C)C(=O)c1ccc2c(c1)N(C)[C@H](CC(=O)NC(C)(CO)CO)CO2. The van der Waals surface area contributed by atoms with Crippen LogP contribution in [0.1, 0.15) is 23.7 Å². The third-order valence-electron chi connectivity index (χ3n) is 4.53. The van der Waals surface area contributed by atoms with E-state index in [4.69, 9.17) is 4.74 Å². The van der Waals surface area contributed by atoms with Gasteiger partial charge in [0.1, 0.15) is 12.4 Å². The number of amides is 2. The molecule has 1 aromatic carbocycles. The van der Waals surface area contributed by atoms with E-state index < -0.39 is 5.54 Å². The highest BCUT2D eigenvalue weighted by Crippen LogP contribution is 2.34. The maximum atomic E-state index is 12.3. The van der Waals surface area contributed by atoms with Crippen LogP contribution < -0.4 is 15.0 Å². The topological polar surface area (TPSA) is 102 Å². The van der Waals surface area contributed by atoms with Gasteiger partial charge in [0.2, 0.25) is 5.91 Å². The summed E-state index contributed by atoms with van der Waals surface area (Å²) in [5, 5.41) is 21.3. The number of likely N-dealkylation sites (N-methyl/N-ethyl adjacent to an activating group) is 1. The van der Waals surface area contributed by atoms with Crippen LogP contribution in [0, 0.1) is 0 Å². The van der Waals surface area contributed by atoms with Gasteiger partial charge in [0.25, 0.3) is 5.91 Å². The van der Waals surface area contributed by atoms with E-state index in [0.717, 1.165) is 5.69 Å². The molecule has 0 unspecified atom stereocenters. The number of anilines is 1. The number of benzene rings is 1. The summed E-state index contributed by atoms with van der Waals surface area (Å²) >= 11 is 0. The van der Waals surface area contributed by atoms with E-state index in [1.54, 1.807) is 39.2 Å². The zero-order valence-corrected chi connectivity index (χ0v) is 15.7. The molecule has 0 fully saturated rings. The highest BCUT2D eigenvalue weighted by Gasteiger charge is 2.30. The van der Waals surface area contributed by atoms with Crippen LogP contribution in [0.4, 0.5) is 5.69 Å². The van der Waals surface area contributed by atoms with Crippen molar-refractivity contribution in [1.82, 2.24) is 10.2 Å². The van der Waals surface area contributed by atoms with E-state index in [-0.39, 0.29) is 37.5 Å². The molecule has 2 rings (SSSR count). The Hall–Kier alpha value is -2.32. The molecule has 0 spiro atoms. The summed E-state index contributed by atoms with van der Waals surface area (Å²) in [5.74, 6) is 0.262. The maximum Gasteiger partial charge on any atom is 0.253 e. The molecule has 0 aromatic heterocycles. The third kappa shape index (κ3) is 4.25. The lowest BCUT2D eigenvalue weighted by Crippen LogP contribution is -2.53. The van der Waals surface area contributed by atoms with Crippen molar-refractivity contribution in [2.75, 3.05) is 45.9 Å². The Morgan fingerprint density at radius 3 is 2.58 bits per heavy atom. The lowest BCUT2D eigenvalue weighted by Gasteiger charge is -2.36. The van der Waals surface area contributed by atoms with Gasteiger partial charge in [-0.25, -0.2) is 0 Å². The molecule has 26 heavy (non-hydrogen) atoms. The van der Waals surface area contributed by atoms with Crippen LogP contribution in [0.25, 0.3) is 0 Å². The van der Waals surface area contributed by atoms with Crippen molar-refractivity contribution >= 4 is 17.5 Å². The first-order valence-corrected chi connectivity index (χ1v) is 8.45.